The SMILES string of the molecule is Cc1cc(OCC(=O)NC(=S)Nc2cc(C(=O)N3CCOCC3)ccc2Cl)ccc1Cl. The molecule has 1 aliphatic heterocycles. The number of anilines is 1. The number of morpholine rings is 1. The van der Waals surface area contributed by atoms with Crippen molar-refractivity contribution in [1.29, 1.82) is 0 Å². The average molecular weight is 482 g/mol. The van der Waals surface area contributed by atoms with Gasteiger partial charge in [0.2, 0.25) is 0 Å². The van der Waals surface area contributed by atoms with Crippen molar-refractivity contribution >= 4 is 58.0 Å². The molecule has 7 nitrogen and oxygen atoms in total. The molecule has 10 heteroatoms. The zero-order valence-electron chi connectivity index (χ0n) is 16.7. The molecule has 2 aromatic rings. The standard InChI is InChI=1S/C21H21Cl2N3O4S/c1-13-10-15(3-5-16(13)22)30-12-19(27)25-21(31)24-18-11-14(2-4-17(18)23)20(28)26-6-8-29-9-7-26/h2-5,10-11H,6-9,12H2,1H3,(H2,24,25,27,31). The smallest absolute Gasteiger partial charge is 0.264 e. The molecule has 0 aromatic heterocycles. The van der Waals surface area contributed by atoms with Crippen LogP contribution < -0.4 is 15.4 Å². The minimum atomic E-state index is -0.443. The van der Waals surface area contributed by atoms with Crippen LogP contribution in [-0.2, 0) is 9.53 Å². The Balaban J connectivity index is 1.56. The number of hydrogen-bond donors (Lipinski definition) is 2. The fourth-order valence-corrected chi connectivity index (χ4v) is 3.38. The van der Waals surface area contributed by atoms with Gasteiger partial charge in [0.15, 0.2) is 11.7 Å². The van der Waals surface area contributed by atoms with Gasteiger partial charge in [-0.25, -0.2) is 0 Å². The molecule has 0 bridgehead atoms. The Morgan fingerprint density at radius 2 is 1.84 bits per heavy atom. The van der Waals surface area contributed by atoms with Gasteiger partial charge in [-0.3, -0.25) is 14.9 Å². The van der Waals surface area contributed by atoms with Gasteiger partial charge in [0, 0.05) is 23.7 Å². The van der Waals surface area contributed by atoms with Gasteiger partial charge in [0.25, 0.3) is 11.8 Å². The number of amides is 2. The molecule has 0 radical (unpaired) electrons. The third-order valence-electron chi connectivity index (χ3n) is 4.51. The predicted octanol–water partition coefficient (Wildman–Crippen LogP) is 3.67. The van der Waals surface area contributed by atoms with Crippen LogP contribution in [0.2, 0.25) is 10.0 Å². The third-order valence-corrected chi connectivity index (χ3v) is 5.47. The van der Waals surface area contributed by atoms with Gasteiger partial charge in [0.1, 0.15) is 5.75 Å². The lowest BCUT2D eigenvalue weighted by molar-refractivity contribution is -0.121. The molecular formula is C21H21Cl2N3O4S. The van der Waals surface area contributed by atoms with Gasteiger partial charge in [-0.15, -0.1) is 0 Å². The highest BCUT2D eigenvalue weighted by Crippen LogP contribution is 2.24. The summed E-state index contributed by atoms with van der Waals surface area (Å²) in [6, 6.07) is 9.97. The van der Waals surface area contributed by atoms with Crippen molar-refractivity contribution < 1.29 is 19.1 Å². The second-order valence-electron chi connectivity index (χ2n) is 6.80. The molecule has 1 aliphatic rings. The summed E-state index contributed by atoms with van der Waals surface area (Å²) < 4.78 is 10.7. The maximum absolute atomic E-state index is 12.7. The van der Waals surface area contributed by atoms with Crippen molar-refractivity contribution in [3.63, 3.8) is 0 Å². The van der Waals surface area contributed by atoms with Crippen LogP contribution in [0.1, 0.15) is 15.9 Å². The zero-order chi connectivity index (χ0) is 22.4. The van der Waals surface area contributed by atoms with Crippen molar-refractivity contribution in [3.8, 4) is 5.75 Å². The molecule has 1 heterocycles. The lowest BCUT2D eigenvalue weighted by Gasteiger charge is -2.27. The van der Waals surface area contributed by atoms with Gasteiger partial charge in [-0.05, 0) is 61.1 Å². The molecule has 1 fully saturated rings. The van der Waals surface area contributed by atoms with Crippen LogP contribution in [-0.4, -0.2) is 54.7 Å². The van der Waals surface area contributed by atoms with Crippen molar-refractivity contribution in [2.45, 2.75) is 6.92 Å². The summed E-state index contributed by atoms with van der Waals surface area (Å²) in [4.78, 5) is 26.5. The molecule has 31 heavy (non-hydrogen) atoms. The van der Waals surface area contributed by atoms with Crippen molar-refractivity contribution in [2.75, 3.05) is 38.2 Å². The van der Waals surface area contributed by atoms with Crippen molar-refractivity contribution in [2.24, 2.45) is 0 Å². The first-order valence-electron chi connectivity index (χ1n) is 9.50. The highest BCUT2D eigenvalue weighted by atomic mass is 35.5. The van der Waals surface area contributed by atoms with Crippen LogP contribution in [0.4, 0.5) is 5.69 Å². The summed E-state index contributed by atoms with van der Waals surface area (Å²) in [5.41, 5.74) is 1.72. The molecule has 0 atom stereocenters. The molecule has 164 valence electrons. The van der Waals surface area contributed by atoms with Crippen LogP contribution in [0, 0.1) is 6.92 Å². The summed E-state index contributed by atoms with van der Waals surface area (Å²) in [6.07, 6.45) is 0. The molecule has 0 aliphatic carbocycles. The monoisotopic (exact) mass is 481 g/mol. The number of aryl methyl sites for hydroxylation is 1. The molecule has 2 amide bonds. The van der Waals surface area contributed by atoms with E-state index in [2.05, 4.69) is 10.6 Å². The van der Waals surface area contributed by atoms with Crippen molar-refractivity contribution in [3.05, 3.63) is 57.6 Å². The van der Waals surface area contributed by atoms with Crippen LogP contribution >= 0.6 is 35.4 Å². The molecular weight excluding hydrogens is 461 g/mol. The zero-order valence-corrected chi connectivity index (χ0v) is 19.1. The highest BCUT2D eigenvalue weighted by molar-refractivity contribution is 7.80. The van der Waals surface area contributed by atoms with Crippen molar-refractivity contribution in [1.82, 2.24) is 10.2 Å². The largest absolute Gasteiger partial charge is 0.484 e. The summed E-state index contributed by atoms with van der Waals surface area (Å²) >= 11 is 17.4. The van der Waals surface area contributed by atoms with E-state index in [1.165, 1.54) is 0 Å². The van der Waals surface area contributed by atoms with Gasteiger partial charge >= 0.3 is 0 Å². The van der Waals surface area contributed by atoms with Gasteiger partial charge < -0.3 is 19.7 Å². The normalized spacial score (nSPS) is 13.5. The van der Waals surface area contributed by atoms with E-state index in [9.17, 15) is 9.59 Å². The molecule has 3 rings (SSSR count). The first-order chi connectivity index (χ1) is 14.8. The predicted molar refractivity (Wildman–Crippen MR) is 124 cm³/mol. The molecule has 2 aromatic carbocycles. The van der Waals surface area contributed by atoms with E-state index >= 15 is 0 Å². The van der Waals surface area contributed by atoms with E-state index < -0.39 is 5.91 Å². The number of nitrogens with one attached hydrogen (secondary N) is 2. The van der Waals surface area contributed by atoms with E-state index in [4.69, 9.17) is 44.9 Å². The summed E-state index contributed by atoms with van der Waals surface area (Å²) in [5.74, 6) is -0.0419. The van der Waals surface area contributed by atoms with Crippen LogP contribution in [0.25, 0.3) is 0 Å². The number of benzene rings is 2. The van der Waals surface area contributed by atoms with Crippen LogP contribution in [0.3, 0.4) is 0 Å². The van der Waals surface area contributed by atoms with Crippen LogP contribution in [0.5, 0.6) is 5.75 Å². The number of nitrogens with zero attached hydrogens (tertiary/aromatic N) is 1. The van der Waals surface area contributed by atoms with E-state index in [1.54, 1.807) is 41.3 Å². The maximum Gasteiger partial charge on any atom is 0.264 e. The molecule has 0 unspecified atom stereocenters. The minimum Gasteiger partial charge on any atom is -0.484 e. The fraction of sp³-hybridized carbons (Fsp3) is 0.286. The number of rotatable bonds is 5. The van der Waals surface area contributed by atoms with E-state index in [0.29, 0.717) is 53.3 Å². The molecule has 0 spiro atoms. The van der Waals surface area contributed by atoms with Crippen LogP contribution in [0.15, 0.2) is 36.4 Å². The number of halogens is 2. The fourth-order valence-electron chi connectivity index (χ4n) is 2.88. The van der Waals surface area contributed by atoms with E-state index in [-0.39, 0.29) is 17.6 Å². The Kier molecular flexibility index (Phi) is 8.09. The summed E-state index contributed by atoms with van der Waals surface area (Å²) in [7, 11) is 0. The Morgan fingerprint density at radius 1 is 1.13 bits per heavy atom. The second-order valence-corrected chi connectivity index (χ2v) is 8.02. The number of carbonyl (C=O) groups excluding carboxylic acids is 2. The lowest BCUT2D eigenvalue weighted by Crippen LogP contribution is -2.40. The summed E-state index contributed by atoms with van der Waals surface area (Å²) in [6.45, 7) is 3.70. The van der Waals surface area contributed by atoms with E-state index in [0.717, 1.165) is 5.56 Å². The first kappa shape index (κ1) is 23.3. The first-order valence-corrected chi connectivity index (χ1v) is 10.7. The summed E-state index contributed by atoms with van der Waals surface area (Å²) in [5, 5.41) is 6.40. The Morgan fingerprint density at radius 3 is 2.55 bits per heavy atom. The maximum atomic E-state index is 12.7. The van der Waals surface area contributed by atoms with Gasteiger partial charge in [0.05, 0.1) is 23.9 Å². The van der Waals surface area contributed by atoms with E-state index in [1.807, 2.05) is 6.92 Å². The minimum absolute atomic E-state index is 0.0405. The molecule has 0 saturated carbocycles. The average Bonchev–Trinajstić information content (AvgIpc) is 2.76. The quantitative estimate of drug-likeness (QED) is 0.634. The molecule has 1 saturated heterocycles. The lowest BCUT2D eigenvalue weighted by atomic mass is 10.1. The number of thiocarbonyl (C=S) groups is 1. The number of hydrogen-bond acceptors (Lipinski definition) is 5. The topological polar surface area (TPSA) is 79.9 Å². The Bertz CT molecular complexity index is 997. The van der Waals surface area contributed by atoms with Gasteiger partial charge in [-0.1, -0.05) is 23.2 Å². The highest BCUT2D eigenvalue weighted by Gasteiger charge is 2.19. The number of ether oxygens (including phenoxy) is 2. The molecule has 2 N–H and O–H groups in total. The number of carbonyl (C=O) groups is 2. The van der Waals surface area contributed by atoms with Gasteiger partial charge in [-0.2, -0.15) is 0 Å². The second kappa shape index (κ2) is 10.8. The Labute approximate surface area is 195 Å². The third kappa shape index (κ3) is 6.54. The Hall–Kier alpha value is -2.39.